The van der Waals surface area contributed by atoms with Crippen molar-refractivity contribution in [2.24, 2.45) is 0 Å². The van der Waals surface area contributed by atoms with E-state index in [-0.39, 0.29) is 55.0 Å². The van der Waals surface area contributed by atoms with Gasteiger partial charge < -0.3 is 9.79 Å². The van der Waals surface area contributed by atoms with Crippen molar-refractivity contribution in [3.05, 3.63) is 0 Å². The van der Waals surface area contributed by atoms with Gasteiger partial charge in [0.2, 0.25) is 0 Å². The van der Waals surface area contributed by atoms with E-state index in [0.29, 0.717) is 6.42 Å². The topological polar surface area (TPSA) is 57.5 Å². The van der Waals surface area contributed by atoms with E-state index in [0.717, 1.165) is 12.8 Å². The summed E-state index contributed by atoms with van der Waals surface area (Å²) in [5, 5.41) is 0. The van der Waals surface area contributed by atoms with Gasteiger partial charge in [-0.05, 0) is 6.42 Å². The third-order valence-electron chi connectivity index (χ3n) is 3.05. The van der Waals surface area contributed by atoms with Gasteiger partial charge in [-0.15, -0.1) is 0 Å². The van der Waals surface area contributed by atoms with Crippen molar-refractivity contribution < 1.29 is 14.4 Å². The number of unbranched alkanes of at least 4 members (excludes halogenated alkanes) is 10. The zero-order chi connectivity index (χ0) is 13.0. The van der Waals surface area contributed by atoms with Gasteiger partial charge >= 0.3 is 56.5 Å². The van der Waals surface area contributed by atoms with Crippen molar-refractivity contribution in [1.82, 2.24) is 0 Å². The van der Waals surface area contributed by atoms with Gasteiger partial charge in [-0.25, -0.2) is 0 Å². The molecule has 0 aromatic carbocycles. The molecule has 0 aliphatic carbocycles. The van der Waals surface area contributed by atoms with Crippen LogP contribution < -0.4 is 0 Å². The number of rotatable bonds is 12. The van der Waals surface area contributed by atoms with Crippen molar-refractivity contribution in [2.45, 2.75) is 77.6 Å². The Morgan fingerprint density at radius 3 is 1.39 bits per heavy atom. The second-order valence-corrected chi connectivity index (χ2v) is 6.70. The zero-order valence-electron chi connectivity index (χ0n) is 11.2. The van der Waals surface area contributed by atoms with Crippen LogP contribution in [0.5, 0.6) is 0 Å². The van der Waals surface area contributed by atoms with Crippen molar-refractivity contribution in [1.29, 1.82) is 0 Å². The van der Waals surface area contributed by atoms with E-state index in [1.54, 1.807) is 0 Å². The molecular weight excluding hydrogens is 372 g/mol. The van der Waals surface area contributed by atoms with Crippen LogP contribution in [0.1, 0.15) is 77.6 Å². The second kappa shape index (κ2) is 15.1. The summed E-state index contributed by atoms with van der Waals surface area (Å²) in [6.45, 7) is 2.23. The molecule has 0 unspecified atom stereocenters. The molecular formula is C13H31BaO3P. The van der Waals surface area contributed by atoms with Gasteiger partial charge in [-0.3, -0.25) is 4.57 Å². The van der Waals surface area contributed by atoms with E-state index in [4.69, 9.17) is 9.79 Å². The molecule has 108 valence electrons. The molecule has 0 radical (unpaired) electrons. The van der Waals surface area contributed by atoms with Gasteiger partial charge in [0.1, 0.15) is 0 Å². The monoisotopic (exact) mass is 404 g/mol. The average Bonchev–Trinajstić information content (AvgIpc) is 2.24. The van der Waals surface area contributed by atoms with Crippen LogP contribution in [0.3, 0.4) is 0 Å². The Hall–Kier alpha value is 1.72. The van der Waals surface area contributed by atoms with Crippen molar-refractivity contribution >= 4 is 56.5 Å². The van der Waals surface area contributed by atoms with Gasteiger partial charge in [0.15, 0.2) is 0 Å². The summed E-state index contributed by atoms with van der Waals surface area (Å²) < 4.78 is 10.6. The fourth-order valence-corrected chi connectivity index (χ4v) is 2.62. The summed E-state index contributed by atoms with van der Waals surface area (Å²) in [4.78, 5) is 17.3. The van der Waals surface area contributed by atoms with Gasteiger partial charge in [0.05, 0.1) is 0 Å². The van der Waals surface area contributed by atoms with Crippen LogP contribution in [0.2, 0.25) is 0 Å². The third-order valence-corrected chi connectivity index (χ3v) is 3.95. The summed E-state index contributed by atoms with van der Waals surface area (Å²) >= 11 is 0. The van der Waals surface area contributed by atoms with Crippen LogP contribution in [-0.4, -0.2) is 64.8 Å². The quantitative estimate of drug-likeness (QED) is 0.298. The molecule has 0 heterocycles. The summed E-state index contributed by atoms with van der Waals surface area (Å²) in [6, 6.07) is 0. The van der Waals surface area contributed by atoms with Crippen LogP contribution in [0.4, 0.5) is 0 Å². The van der Waals surface area contributed by atoms with E-state index in [1.165, 1.54) is 51.4 Å². The van der Waals surface area contributed by atoms with E-state index in [9.17, 15) is 4.57 Å². The van der Waals surface area contributed by atoms with Crippen LogP contribution >= 0.6 is 7.60 Å². The minimum atomic E-state index is -3.74. The van der Waals surface area contributed by atoms with Crippen LogP contribution in [0.15, 0.2) is 0 Å². The van der Waals surface area contributed by atoms with E-state index < -0.39 is 7.60 Å². The Morgan fingerprint density at radius 2 is 1.06 bits per heavy atom. The van der Waals surface area contributed by atoms with Crippen molar-refractivity contribution in [2.75, 3.05) is 6.16 Å². The van der Waals surface area contributed by atoms with E-state index >= 15 is 0 Å². The standard InChI is InChI=1S/C13H29O3P.Ba.2H/c1-2-3-4-5-6-7-8-9-10-11-12-13-17(14,15)16;;;/h2-13H2,1H3,(H2,14,15,16);;;. The maximum atomic E-state index is 10.6. The molecule has 0 fully saturated rings. The van der Waals surface area contributed by atoms with E-state index in [1.807, 2.05) is 0 Å². The molecule has 0 aromatic heterocycles. The predicted molar refractivity (Wildman–Crippen MR) is 81.9 cm³/mol. The molecule has 3 nitrogen and oxygen atoms in total. The SMILES string of the molecule is CCCCCCCCCCCCCP(=O)(O)O.[BaH2]. The molecule has 2 N–H and O–H groups in total. The Kier molecular flexibility index (Phi) is 18.5. The molecule has 0 aliphatic rings. The normalized spacial score (nSPS) is 11.3. The molecule has 0 aromatic rings. The summed E-state index contributed by atoms with van der Waals surface area (Å²) in [6.07, 6.45) is 13.4. The van der Waals surface area contributed by atoms with Crippen LogP contribution in [0.25, 0.3) is 0 Å². The molecule has 18 heavy (non-hydrogen) atoms. The van der Waals surface area contributed by atoms with Crippen LogP contribution in [-0.2, 0) is 4.57 Å². The molecule has 0 amide bonds. The van der Waals surface area contributed by atoms with Crippen molar-refractivity contribution in [3.8, 4) is 0 Å². The first-order chi connectivity index (χ1) is 8.06. The molecule has 0 atom stereocenters. The summed E-state index contributed by atoms with van der Waals surface area (Å²) in [5.41, 5.74) is 0. The Bertz CT molecular complexity index is 206. The van der Waals surface area contributed by atoms with E-state index in [2.05, 4.69) is 6.92 Å². The Labute approximate surface area is 153 Å². The summed E-state index contributed by atoms with van der Waals surface area (Å²) in [7, 11) is -3.74. The molecule has 0 aliphatic heterocycles. The molecule has 5 heteroatoms. The number of hydrogen-bond donors (Lipinski definition) is 2. The first kappa shape index (κ1) is 22.0. The first-order valence-corrected chi connectivity index (χ1v) is 8.90. The molecule has 0 bridgehead atoms. The average molecular weight is 404 g/mol. The predicted octanol–water partition coefficient (Wildman–Crippen LogP) is 3.56. The Balaban J connectivity index is 0. The number of hydrogen-bond acceptors (Lipinski definition) is 1. The fourth-order valence-electron chi connectivity index (χ4n) is 1.98. The molecule has 0 saturated heterocycles. The van der Waals surface area contributed by atoms with Gasteiger partial charge in [0, 0.05) is 6.16 Å². The van der Waals surface area contributed by atoms with Gasteiger partial charge in [-0.2, -0.15) is 0 Å². The third kappa shape index (κ3) is 20.0. The minimum absolute atomic E-state index is 0. The first-order valence-electron chi connectivity index (χ1n) is 7.11. The fraction of sp³-hybridized carbons (Fsp3) is 1.00. The maximum absolute atomic E-state index is 10.6. The summed E-state index contributed by atoms with van der Waals surface area (Å²) in [5.74, 6) is 0. The Morgan fingerprint density at radius 1 is 0.722 bits per heavy atom. The molecule has 0 rings (SSSR count). The van der Waals surface area contributed by atoms with Crippen LogP contribution in [0, 0.1) is 0 Å². The molecule has 0 spiro atoms. The second-order valence-electron chi connectivity index (χ2n) is 4.92. The van der Waals surface area contributed by atoms with Gasteiger partial charge in [0.25, 0.3) is 0 Å². The molecule has 0 saturated carbocycles. The zero-order valence-corrected chi connectivity index (χ0v) is 12.1. The van der Waals surface area contributed by atoms with Crippen molar-refractivity contribution in [3.63, 3.8) is 0 Å². The van der Waals surface area contributed by atoms with Gasteiger partial charge in [-0.1, -0.05) is 71.1 Å².